The zero-order chi connectivity index (χ0) is 13.0. The van der Waals surface area contributed by atoms with E-state index in [0.29, 0.717) is 6.54 Å². The van der Waals surface area contributed by atoms with E-state index in [4.69, 9.17) is 5.11 Å². The predicted molar refractivity (Wildman–Crippen MR) is 66.7 cm³/mol. The second kappa shape index (κ2) is 5.42. The van der Waals surface area contributed by atoms with Crippen LogP contribution in [-0.2, 0) is 6.54 Å². The van der Waals surface area contributed by atoms with Gasteiger partial charge in [0.05, 0.1) is 12.1 Å². The highest BCUT2D eigenvalue weighted by Crippen LogP contribution is 2.09. The van der Waals surface area contributed by atoms with Gasteiger partial charge in [-0.25, -0.2) is 4.79 Å². The molecule has 0 fully saturated rings. The molecule has 2 aromatic rings. The van der Waals surface area contributed by atoms with Crippen molar-refractivity contribution < 1.29 is 14.7 Å². The molecule has 0 saturated carbocycles. The second-order valence-electron chi connectivity index (χ2n) is 3.47. The van der Waals surface area contributed by atoms with Crippen LogP contribution in [-0.4, -0.2) is 22.0 Å². The summed E-state index contributed by atoms with van der Waals surface area (Å²) < 4.78 is 0. The molecule has 2 rings (SSSR count). The lowest BCUT2D eigenvalue weighted by Crippen LogP contribution is -2.25. The number of nitrogens with zero attached hydrogens (tertiary/aromatic N) is 1. The third-order valence-electron chi connectivity index (χ3n) is 2.26. The number of pyridine rings is 1. The highest BCUT2D eigenvalue weighted by atomic mass is 32.1. The fraction of sp³-hybridized carbons (Fsp3) is 0.0833. The molecule has 0 atom stereocenters. The van der Waals surface area contributed by atoms with Crippen LogP contribution < -0.4 is 5.32 Å². The number of aromatic nitrogens is 1. The zero-order valence-corrected chi connectivity index (χ0v) is 10.1. The van der Waals surface area contributed by atoms with Crippen LogP contribution in [0.1, 0.15) is 25.7 Å². The molecule has 92 valence electrons. The van der Waals surface area contributed by atoms with Crippen LogP contribution >= 0.6 is 11.3 Å². The van der Waals surface area contributed by atoms with Gasteiger partial charge in [0.15, 0.2) is 0 Å². The van der Waals surface area contributed by atoms with Gasteiger partial charge in [0.2, 0.25) is 0 Å². The van der Waals surface area contributed by atoms with E-state index in [1.807, 2.05) is 17.5 Å². The van der Waals surface area contributed by atoms with E-state index in [2.05, 4.69) is 10.3 Å². The Bertz CT molecular complexity index is 566. The van der Waals surface area contributed by atoms with Gasteiger partial charge in [-0.3, -0.25) is 9.78 Å². The lowest BCUT2D eigenvalue weighted by molar-refractivity contribution is 0.0690. The first kappa shape index (κ1) is 12.3. The molecule has 1 amide bonds. The van der Waals surface area contributed by atoms with Crippen LogP contribution in [0.15, 0.2) is 35.8 Å². The molecule has 6 heteroatoms. The van der Waals surface area contributed by atoms with E-state index in [1.165, 1.54) is 29.7 Å². The number of aromatic carboxylic acids is 1. The second-order valence-corrected chi connectivity index (χ2v) is 4.50. The van der Waals surface area contributed by atoms with Gasteiger partial charge < -0.3 is 10.4 Å². The average molecular weight is 262 g/mol. The Morgan fingerprint density at radius 1 is 1.33 bits per heavy atom. The number of rotatable bonds is 4. The SMILES string of the molecule is O=C(O)c1cccnc1C(=O)NCc1cccs1. The molecule has 2 N–H and O–H groups in total. The van der Waals surface area contributed by atoms with E-state index in [9.17, 15) is 9.59 Å². The van der Waals surface area contributed by atoms with Crippen LogP contribution in [0.2, 0.25) is 0 Å². The van der Waals surface area contributed by atoms with Crippen molar-refractivity contribution in [3.05, 3.63) is 52.0 Å². The van der Waals surface area contributed by atoms with Crippen molar-refractivity contribution in [1.82, 2.24) is 10.3 Å². The maximum atomic E-state index is 11.8. The minimum absolute atomic E-state index is 0.0680. The molecule has 0 unspecified atom stereocenters. The maximum absolute atomic E-state index is 11.8. The Balaban J connectivity index is 2.11. The van der Waals surface area contributed by atoms with Crippen molar-refractivity contribution in [3.8, 4) is 0 Å². The number of thiophene rings is 1. The van der Waals surface area contributed by atoms with E-state index < -0.39 is 11.9 Å². The first-order valence-electron chi connectivity index (χ1n) is 5.17. The molecule has 0 aliphatic heterocycles. The summed E-state index contributed by atoms with van der Waals surface area (Å²) in [5.41, 5.74) is -0.164. The predicted octanol–water partition coefficient (Wildman–Crippen LogP) is 1.77. The molecule has 0 aliphatic rings. The van der Waals surface area contributed by atoms with Gasteiger partial charge in [0.1, 0.15) is 5.69 Å². The molecule has 2 heterocycles. The summed E-state index contributed by atoms with van der Waals surface area (Å²) in [6.45, 7) is 0.367. The molecule has 5 nitrogen and oxygen atoms in total. The highest BCUT2D eigenvalue weighted by Gasteiger charge is 2.17. The quantitative estimate of drug-likeness (QED) is 0.880. The fourth-order valence-electron chi connectivity index (χ4n) is 1.42. The smallest absolute Gasteiger partial charge is 0.338 e. The summed E-state index contributed by atoms with van der Waals surface area (Å²) in [5.74, 6) is -1.65. The van der Waals surface area contributed by atoms with Crippen molar-refractivity contribution in [2.24, 2.45) is 0 Å². The monoisotopic (exact) mass is 262 g/mol. The molecule has 0 radical (unpaired) electrons. The lowest BCUT2D eigenvalue weighted by Gasteiger charge is -2.05. The third kappa shape index (κ3) is 2.72. The molecule has 0 spiro atoms. The van der Waals surface area contributed by atoms with Crippen molar-refractivity contribution >= 4 is 23.2 Å². The van der Waals surface area contributed by atoms with Gasteiger partial charge in [-0.2, -0.15) is 0 Å². The van der Waals surface area contributed by atoms with Gasteiger partial charge >= 0.3 is 5.97 Å². The number of amides is 1. The van der Waals surface area contributed by atoms with Gasteiger partial charge in [0, 0.05) is 11.1 Å². The normalized spacial score (nSPS) is 10.0. The molecule has 0 bridgehead atoms. The lowest BCUT2D eigenvalue weighted by atomic mass is 10.2. The summed E-state index contributed by atoms with van der Waals surface area (Å²) in [6, 6.07) is 6.62. The van der Waals surface area contributed by atoms with Gasteiger partial charge in [-0.1, -0.05) is 6.07 Å². The average Bonchev–Trinajstić information content (AvgIpc) is 2.89. The molecule has 0 aliphatic carbocycles. The van der Waals surface area contributed by atoms with Crippen molar-refractivity contribution in [1.29, 1.82) is 0 Å². The van der Waals surface area contributed by atoms with Crippen molar-refractivity contribution in [2.75, 3.05) is 0 Å². The standard InChI is InChI=1S/C12H10N2O3S/c15-11(14-7-8-3-2-6-18-8)10-9(12(16)17)4-1-5-13-10/h1-6H,7H2,(H,14,15)(H,16,17). The zero-order valence-electron chi connectivity index (χ0n) is 9.29. The van der Waals surface area contributed by atoms with Crippen LogP contribution in [0.3, 0.4) is 0 Å². The minimum Gasteiger partial charge on any atom is -0.478 e. The van der Waals surface area contributed by atoms with Crippen LogP contribution in [0.4, 0.5) is 0 Å². The van der Waals surface area contributed by atoms with E-state index in [-0.39, 0.29) is 11.3 Å². The van der Waals surface area contributed by atoms with Crippen molar-refractivity contribution in [3.63, 3.8) is 0 Å². The Morgan fingerprint density at radius 2 is 2.17 bits per heavy atom. The highest BCUT2D eigenvalue weighted by molar-refractivity contribution is 7.09. The first-order valence-corrected chi connectivity index (χ1v) is 6.05. The molecule has 2 aromatic heterocycles. The van der Waals surface area contributed by atoms with Crippen LogP contribution in [0.5, 0.6) is 0 Å². The summed E-state index contributed by atoms with van der Waals surface area (Å²) in [5, 5.41) is 13.5. The fourth-order valence-corrected chi connectivity index (χ4v) is 2.07. The first-order chi connectivity index (χ1) is 8.68. The number of nitrogens with one attached hydrogen (secondary N) is 1. The molecule has 18 heavy (non-hydrogen) atoms. The Hall–Kier alpha value is -2.21. The number of carboxylic acid groups (broad SMARTS) is 1. The third-order valence-corrected chi connectivity index (χ3v) is 3.13. The number of carbonyl (C=O) groups is 2. The molecular formula is C12H10N2O3S. The summed E-state index contributed by atoms with van der Waals surface area (Å²) in [7, 11) is 0. The molecular weight excluding hydrogens is 252 g/mol. The van der Waals surface area contributed by atoms with Crippen LogP contribution in [0.25, 0.3) is 0 Å². The largest absolute Gasteiger partial charge is 0.478 e. The Kier molecular flexibility index (Phi) is 3.69. The minimum atomic E-state index is -1.16. The number of hydrogen-bond donors (Lipinski definition) is 2. The Morgan fingerprint density at radius 3 is 2.83 bits per heavy atom. The topological polar surface area (TPSA) is 79.3 Å². The van der Waals surface area contributed by atoms with Gasteiger partial charge in [0.25, 0.3) is 5.91 Å². The van der Waals surface area contributed by atoms with Crippen LogP contribution in [0, 0.1) is 0 Å². The summed E-state index contributed by atoms with van der Waals surface area (Å²) in [6.07, 6.45) is 1.40. The van der Waals surface area contributed by atoms with E-state index in [0.717, 1.165) is 4.88 Å². The van der Waals surface area contributed by atoms with Gasteiger partial charge in [-0.05, 0) is 23.6 Å². The number of carbonyl (C=O) groups excluding carboxylic acids is 1. The molecule has 0 saturated heterocycles. The molecule has 0 aromatic carbocycles. The van der Waals surface area contributed by atoms with Crippen molar-refractivity contribution in [2.45, 2.75) is 6.54 Å². The number of hydrogen-bond acceptors (Lipinski definition) is 4. The Labute approximate surface area is 107 Å². The van der Waals surface area contributed by atoms with E-state index in [1.54, 1.807) is 0 Å². The number of carboxylic acids is 1. The van der Waals surface area contributed by atoms with E-state index >= 15 is 0 Å². The maximum Gasteiger partial charge on any atom is 0.338 e. The summed E-state index contributed by atoms with van der Waals surface area (Å²) in [4.78, 5) is 27.6. The van der Waals surface area contributed by atoms with Gasteiger partial charge in [-0.15, -0.1) is 11.3 Å². The summed E-state index contributed by atoms with van der Waals surface area (Å²) >= 11 is 1.52.